The minimum atomic E-state index is -0.0676. The Morgan fingerprint density at radius 1 is 1.12 bits per heavy atom. The maximum absolute atomic E-state index is 12.1. The molecule has 7 heteroatoms. The molecule has 1 heterocycles. The molecule has 0 spiro atoms. The third kappa shape index (κ3) is 4.49. The van der Waals surface area contributed by atoms with Gasteiger partial charge in [-0.1, -0.05) is 57.5 Å². The summed E-state index contributed by atoms with van der Waals surface area (Å²) in [6, 6.07) is 15.6. The van der Waals surface area contributed by atoms with Crippen LogP contribution in [0, 0.1) is 6.92 Å². The van der Waals surface area contributed by atoms with E-state index in [0.717, 1.165) is 27.1 Å². The molecular formula is C18H17BrN4OS. The van der Waals surface area contributed by atoms with Gasteiger partial charge in [0.05, 0.1) is 5.75 Å². The topological polar surface area (TPSA) is 59.8 Å². The van der Waals surface area contributed by atoms with Crippen molar-refractivity contribution in [1.82, 2.24) is 14.8 Å². The van der Waals surface area contributed by atoms with Gasteiger partial charge in [-0.3, -0.25) is 4.79 Å². The van der Waals surface area contributed by atoms with Crippen molar-refractivity contribution >= 4 is 39.3 Å². The lowest BCUT2D eigenvalue weighted by Gasteiger charge is -2.06. The fourth-order valence-corrected chi connectivity index (χ4v) is 3.23. The first-order valence-corrected chi connectivity index (χ1v) is 9.45. The molecule has 0 fully saturated rings. The van der Waals surface area contributed by atoms with Crippen molar-refractivity contribution in [2.45, 2.75) is 12.1 Å². The monoisotopic (exact) mass is 416 g/mol. The Kier molecular flexibility index (Phi) is 5.55. The molecule has 0 aliphatic rings. The molecule has 0 radical (unpaired) electrons. The number of aryl methyl sites for hydroxylation is 1. The van der Waals surface area contributed by atoms with Crippen molar-refractivity contribution in [3.8, 4) is 11.4 Å². The number of hydrogen-bond donors (Lipinski definition) is 1. The van der Waals surface area contributed by atoms with Gasteiger partial charge in [0.1, 0.15) is 0 Å². The second-order valence-electron chi connectivity index (χ2n) is 5.57. The molecule has 1 aromatic heterocycles. The largest absolute Gasteiger partial charge is 0.325 e. The van der Waals surface area contributed by atoms with Gasteiger partial charge >= 0.3 is 0 Å². The van der Waals surface area contributed by atoms with E-state index < -0.39 is 0 Å². The summed E-state index contributed by atoms with van der Waals surface area (Å²) < 4.78 is 2.91. The molecule has 0 atom stereocenters. The van der Waals surface area contributed by atoms with Crippen LogP contribution >= 0.6 is 27.7 Å². The van der Waals surface area contributed by atoms with Crippen molar-refractivity contribution in [3.63, 3.8) is 0 Å². The first-order valence-electron chi connectivity index (χ1n) is 7.67. The van der Waals surface area contributed by atoms with E-state index in [0.29, 0.717) is 5.16 Å². The van der Waals surface area contributed by atoms with E-state index in [4.69, 9.17) is 0 Å². The first-order chi connectivity index (χ1) is 12.0. The van der Waals surface area contributed by atoms with E-state index >= 15 is 0 Å². The Hall–Kier alpha value is -2.12. The summed E-state index contributed by atoms with van der Waals surface area (Å²) in [5, 5.41) is 12.0. The third-order valence-corrected chi connectivity index (χ3v) is 5.15. The highest BCUT2D eigenvalue weighted by atomic mass is 79.9. The summed E-state index contributed by atoms with van der Waals surface area (Å²) in [6.45, 7) is 2.01. The van der Waals surface area contributed by atoms with Crippen LogP contribution in [0.25, 0.3) is 11.4 Å². The van der Waals surface area contributed by atoms with Crippen LogP contribution in [-0.4, -0.2) is 26.4 Å². The average Bonchev–Trinajstić information content (AvgIpc) is 2.97. The summed E-state index contributed by atoms with van der Waals surface area (Å²) in [6.07, 6.45) is 0. The van der Waals surface area contributed by atoms with Crippen molar-refractivity contribution in [2.75, 3.05) is 11.1 Å². The molecule has 3 aromatic rings. The molecule has 1 N–H and O–H groups in total. The predicted octanol–water partition coefficient (Wildman–Crippen LogP) is 4.28. The Balaban J connectivity index is 1.62. The Bertz CT molecular complexity index is 875. The predicted molar refractivity (Wildman–Crippen MR) is 105 cm³/mol. The van der Waals surface area contributed by atoms with Crippen LogP contribution in [0.1, 0.15) is 5.56 Å². The number of nitrogens with zero attached hydrogens (tertiary/aromatic N) is 3. The lowest BCUT2D eigenvalue weighted by Crippen LogP contribution is -2.14. The molecule has 0 aliphatic carbocycles. The van der Waals surface area contributed by atoms with Crippen LogP contribution in [0.2, 0.25) is 0 Å². The minimum absolute atomic E-state index is 0.0676. The number of aromatic nitrogens is 3. The molecule has 0 unspecified atom stereocenters. The first kappa shape index (κ1) is 17.7. The van der Waals surface area contributed by atoms with E-state index in [-0.39, 0.29) is 11.7 Å². The molecule has 5 nitrogen and oxygen atoms in total. The summed E-state index contributed by atoms with van der Waals surface area (Å²) in [5.74, 6) is 0.983. The van der Waals surface area contributed by atoms with Crippen molar-refractivity contribution in [3.05, 3.63) is 58.6 Å². The smallest absolute Gasteiger partial charge is 0.234 e. The molecular weight excluding hydrogens is 400 g/mol. The number of rotatable bonds is 5. The zero-order valence-electron chi connectivity index (χ0n) is 13.9. The van der Waals surface area contributed by atoms with Crippen LogP contribution in [0.4, 0.5) is 5.69 Å². The Morgan fingerprint density at radius 3 is 2.48 bits per heavy atom. The average molecular weight is 417 g/mol. The van der Waals surface area contributed by atoms with Gasteiger partial charge in [0.15, 0.2) is 11.0 Å². The van der Waals surface area contributed by atoms with Crippen LogP contribution < -0.4 is 5.32 Å². The van der Waals surface area contributed by atoms with Gasteiger partial charge < -0.3 is 9.88 Å². The van der Waals surface area contributed by atoms with Crippen LogP contribution in [0.15, 0.2) is 58.2 Å². The lowest BCUT2D eigenvalue weighted by atomic mass is 10.2. The molecule has 0 aliphatic heterocycles. The molecule has 2 aromatic carbocycles. The second-order valence-corrected chi connectivity index (χ2v) is 7.43. The SMILES string of the molecule is Cc1ccc(NC(=O)CSc2nnc(-c3ccc(Br)cc3)n2C)cc1. The minimum Gasteiger partial charge on any atom is -0.325 e. The number of thioether (sulfide) groups is 1. The van der Waals surface area contributed by atoms with Gasteiger partial charge in [0.2, 0.25) is 5.91 Å². The lowest BCUT2D eigenvalue weighted by molar-refractivity contribution is -0.113. The second kappa shape index (κ2) is 7.84. The molecule has 1 amide bonds. The summed E-state index contributed by atoms with van der Waals surface area (Å²) in [5.41, 5.74) is 2.94. The van der Waals surface area contributed by atoms with E-state index in [1.807, 2.05) is 67.1 Å². The van der Waals surface area contributed by atoms with Gasteiger partial charge in [-0.2, -0.15) is 0 Å². The fourth-order valence-electron chi connectivity index (χ4n) is 2.25. The summed E-state index contributed by atoms with van der Waals surface area (Å²) in [7, 11) is 1.90. The van der Waals surface area contributed by atoms with Gasteiger partial charge in [-0.15, -0.1) is 10.2 Å². The zero-order valence-corrected chi connectivity index (χ0v) is 16.3. The quantitative estimate of drug-likeness (QED) is 0.630. The number of benzene rings is 2. The maximum atomic E-state index is 12.1. The fraction of sp³-hybridized carbons (Fsp3) is 0.167. The van der Waals surface area contributed by atoms with Crippen molar-refractivity contribution in [2.24, 2.45) is 7.05 Å². The van der Waals surface area contributed by atoms with Gasteiger partial charge in [-0.25, -0.2) is 0 Å². The molecule has 0 bridgehead atoms. The molecule has 25 heavy (non-hydrogen) atoms. The van der Waals surface area contributed by atoms with Gasteiger partial charge in [0.25, 0.3) is 0 Å². The standard InChI is InChI=1S/C18H17BrN4OS/c1-12-3-9-15(10-4-12)20-16(24)11-25-18-22-21-17(23(18)2)13-5-7-14(19)8-6-13/h3-10H,11H2,1-2H3,(H,20,24). The van der Waals surface area contributed by atoms with E-state index in [1.165, 1.54) is 11.8 Å². The van der Waals surface area contributed by atoms with Gasteiger partial charge in [0, 0.05) is 22.8 Å². The van der Waals surface area contributed by atoms with Crippen LogP contribution in [0.3, 0.4) is 0 Å². The zero-order chi connectivity index (χ0) is 17.8. The van der Waals surface area contributed by atoms with Gasteiger partial charge in [-0.05, 0) is 31.2 Å². The van der Waals surface area contributed by atoms with E-state index in [2.05, 4.69) is 31.4 Å². The van der Waals surface area contributed by atoms with Crippen LogP contribution in [0.5, 0.6) is 0 Å². The summed E-state index contributed by atoms with van der Waals surface area (Å²) >= 11 is 4.79. The molecule has 0 saturated heterocycles. The summed E-state index contributed by atoms with van der Waals surface area (Å²) in [4.78, 5) is 12.1. The number of hydrogen-bond acceptors (Lipinski definition) is 4. The Morgan fingerprint density at radius 2 is 1.80 bits per heavy atom. The highest BCUT2D eigenvalue weighted by Gasteiger charge is 2.13. The third-order valence-electron chi connectivity index (χ3n) is 3.61. The van der Waals surface area contributed by atoms with Crippen molar-refractivity contribution < 1.29 is 4.79 Å². The number of nitrogens with one attached hydrogen (secondary N) is 1. The molecule has 128 valence electrons. The molecule has 0 saturated carbocycles. The van der Waals surface area contributed by atoms with Crippen molar-refractivity contribution in [1.29, 1.82) is 0 Å². The number of carbonyl (C=O) groups excluding carboxylic acids is 1. The number of anilines is 1. The highest BCUT2D eigenvalue weighted by molar-refractivity contribution is 9.10. The van der Waals surface area contributed by atoms with Crippen LogP contribution in [-0.2, 0) is 11.8 Å². The Labute approximate surface area is 159 Å². The number of halogens is 1. The maximum Gasteiger partial charge on any atom is 0.234 e. The number of amides is 1. The van der Waals surface area contributed by atoms with E-state index in [1.54, 1.807) is 0 Å². The number of carbonyl (C=O) groups is 1. The molecule has 3 rings (SSSR count). The normalized spacial score (nSPS) is 10.7. The van der Waals surface area contributed by atoms with E-state index in [9.17, 15) is 4.79 Å². The highest BCUT2D eigenvalue weighted by Crippen LogP contribution is 2.24.